The van der Waals surface area contributed by atoms with Crippen LogP contribution in [0.2, 0.25) is 0 Å². The maximum atomic E-state index is 14.6. The predicted octanol–water partition coefficient (Wildman–Crippen LogP) is 7.16. The number of hydrogen-bond donors (Lipinski definition) is 2. The van der Waals surface area contributed by atoms with Gasteiger partial charge >= 0.3 is 12.1 Å². The number of aromatic nitrogens is 1. The van der Waals surface area contributed by atoms with Crippen molar-refractivity contribution in [3.05, 3.63) is 71.2 Å². The van der Waals surface area contributed by atoms with Crippen molar-refractivity contribution in [2.75, 3.05) is 23.3 Å². The van der Waals surface area contributed by atoms with Crippen LogP contribution in [-0.2, 0) is 4.74 Å². The standard InChI is InChI=1S/C32H32FN5O5S/c1-18-14-22(42-21-8-6-5-7-9-21)10-11-23(18)38-24-12-13-34-29-25(24)26(36-30(38)40)27(44-29)28(39)35-20-15-19(33)16-37(17-20)31(41)43-32(2,3)4/h5-14,19-20H,15-17H2,1-4H3,(H,35,39)(H,36,40)/t19-,20+/m1/s1. The van der Waals surface area contributed by atoms with Crippen LogP contribution < -0.4 is 20.3 Å². The van der Waals surface area contributed by atoms with Crippen molar-refractivity contribution in [1.29, 1.82) is 0 Å². The van der Waals surface area contributed by atoms with Gasteiger partial charge in [-0.25, -0.2) is 19.0 Å². The normalized spacial score (nSPS) is 18.2. The molecule has 2 atom stereocenters. The number of hydrogen-bond acceptors (Lipinski definition) is 7. The summed E-state index contributed by atoms with van der Waals surface area (Å²) >= 11 is 1.14. The zero-order valence-electron chi connectivity index (χ0n) is 24.7. The van der Waals surface area contributed by atoms with Gasteiger partial charge in [-0.3, -0.25) is 9.69 Å². The topological polar surface area (TPSA) is 113 Å². The number of urea groups is 1. The first-order valence-electron chi connectivity index (χ1n) is 14.3. The Kier molecular flexibility index (Phi) is 7.62. The van der Waals surface area contributed by atoms with E-state index in [-0.39, 0.29) is 24.4 Å². The lowest BCUT2D eigenvalue weighted by molar-refractivity contribution is 0.00941. The van der Waals surface area contributed by atoms with Gasteiger partial charge in [0, 0.05) is 25.2 Å². The Morgan fingerprint density at radius 1 is 1.07 bits per heavy atom. The molecule has 12 heteroatoms. The molecule has 2 aromatic carbocycles. The molecule has 6 rings (SSSR count). The molecule has 2 N–H and O–H groups in total. The van der Waals surface area contributed by atoms with Gasteiger partial charge in [0.25, 0.3) is 5.91 Å². The Labute approximate surface area is 257 Å². The van der Waals surface area contributed by atoms with E-state index in [1.807, 2.05) is 49.4 Å². The lowest BCUT2D eigenvalue weighted by atomic mass is 10.0. The molecule has 2 aliphatic heterocycles. The van der Waals surface area contributed by atoms with Gasteiger partial charge in [0.1, 0.15) is 33.0 Å². The zero-order valence-corrected chi connectivity index (χ0v) is 25.5. The number of anilines is 3. The molecule has 44 heavy (non-hydrogen) atoms. The van der Waals surface area contributed by atoms with Gasteiger partial charge in [0.15, 0.2) is 0 Å². The molecule has 0 saturated carbocycles. The van der Waals surface area contributed by atoms with E-state index in [1.165, 1.54) is 4.90 Å². The molecule has 0 spiro atoms. The first-order chi connectivity index (χ1) is 21.0. The number of amides is 4. The molecule has 0 radical (unpaired) electrons. The van der Waals surface area contributed by atoms with Crippen molar-refractivity contribution in [2.45, 2.75) is 51.9 Å². The smallest absolute Gasteiger partial charge is 0.410 e. The quantitative estimate of drug-likeness (QED) is 0.246. The van der Waals surface area contributed by atoms with E-state index in [0.29, 0.717) is 38.8 Å². The summed E-state index contributed by atoms with van der Waals surface area (Å²) in [4.78, 5) is 47.8. The highest BCUT2D eigenvalue weighted by Crippen LogP contribution is 2.46. The first-order valence-corrected chi connectivity index (χ1v) is 15.1. The van der Waals surface area contributed by atoms with Crippen molar-refractivity contribution >= 4 is 56.6 Å². The summed E-state index contributed by atoms with van der Waals surface area (Å²) in [5.41, 5.74) is 1.66. The van der Waals surface area contributed by atoms with Crippen LogP contribution >= 0.6 is 11.3 Å². The Morgan fingerprint density at radius 2 is 1.84 bits per heavy atom. The van der Waals surface area contributed by atoms with Crippen molar-refractivity contribution < 1.29 is 28.2 Å². The van der Waals surface area contributed by atoms with Crippen molar-refractivity contribution in [3.8, 4) is 11.5 Å². The Hall–Kier alpha value is -4.71. The molecule has 10 nitrogen and oxygen atoms in total. The lowest BCUT2D eigenvalue weighted by Gasteiger charge is -2.36. The minimum Gasteiger partial charge on any atom is -0.457 e. The Balaban J connectivity index is 1.25. The predicted molar refractivity (Wildman–Crippen MR) is 167 cm³/mol. The SMILES string of the molecule is Cc1cc(Oc2ccccc2)ccc1N1C(=O)Nc2c(C(=O)N[C@H]3C[C@@H](F)CN(C(=O)OC(C)(C)C)C3)sc3nccc1c23. The highest BCUT2D eigenvalue weighted by molar-refractivity contribution is 7.21. The number of thiophene rings is 1. The summed E-state index contributed by atoms with van der Waals surface area (Å²) in [6, 6.07) is 15.6. The molecule has 0 bridgehead atoms. The molecular formula is C32H32FN5O5S. The molecule has 1 fully saturated rings. The van der Waals surface area contributed by atoms with E-state index >= 15 is 0 Å². The summed E-state index contributed by atoms with van der Waals surface area (Å²) in [7, 11) is 0. The third kappa shape index (κ3) is 5.89. The van der Waals surface area contributed by atoms with Gasteiger partial charge in [0.2, 0.25) is 0 Å². The van der Waals surface area contributed by atoms with Crippen LogP contribution in [0.3, 0.4) is 0 Å². The zero-order chi connectivity index (χ0) is 31.2. The monoisotopic (exact) mass is 617 g/mol. The largest absolute Gasteiger partial charge is 0.457 e. The summed E-state index contributed by atoms with van der Waals surface area (Å²) in [6.07, 6.45) is -0.303. The fraction of sp³-hybridized carbons (Fsp3) is 0.312. The van der Waals surface area contributed by atoms with Crippen LogP contribution in [-0.4, -0.2) is 58.8 Å². The van der Waals surface area contributed by atoms with Crippen molar-refractivity contribution in [2.24, 2.45) is 0 Å². The van der Waals surface area contributed by atoms with E-state index in [9.17, 15) is 18.8 Å². The number of aryl methyl sites for hydroxylation is 1. The molecule has 1 saturated heterocycles. The molecule has 228 valence electrons. The second-order valence-electron chi connectivity index (χ2n) is 11.8. The number of nitrogens with zero attached hydrogens (tertiary/aromatic N) is 3. The van der Waals surface area contributed by atoms with Crippen molar-refractivity contribution in [3.63, 3.8) is 0 Å². The van der Waals surface area contributed by atoms with Gasteiger partial charge in [0.05, 0.1) is 29.0 Å². The van der Waals surface area contributed by atoms with Crippen LogP contribution in [0.1, 0.15) is 42.4 Å². The maximum Gasteiger partial charge on any atom is 0.410 e. The van der Waals surface area contributed by atoms with Crippen LogP contribution in [0.4, 0.5) is 31.0 Å². The van der Waals surface area contributed by atoms with Crippen molar-refractivity contribution in [1.82, 2.24) is 15.2 Å². The number of para-hydroxylation sites is 1. The lowest BCUT2D eigenvalue weighted by Crippen LogP contribution is -2.54. The molecule has 2 aromatic heterocycles. The number of piperidine rings is 1. The number of ether oxygens (including phenoxy) is 2. The third-order valence-electron chi connectivity index (χ3n) is 7.23. The second-order valence-corrected chi connectivity index (χ2v) is 12.8. The molecule has 4 aromatic rings. The number of rotatable bonds is 5. The number of nitrogens with one attached hydrogen (secondary N) is 2. The highest BCUT2D eigenvalue weighted by atomic mass is 32.1. The number of halogens is 1. The highest BCUT2D eigenvalue weighted by Gasteiger charge is 2.36. The number of benzene rings is 2. The minimum absolute atomic E-state index is 0.0537. The summed E-state index contributed by atoms with van der Waals surface area (Å²) < 4.78 is 26.0. The van der Waals surface area contributed by atoms with Crippen LogP contribution in [0, 0.1) is 6.92 Å². The fourth-order valence-electron chi connectivity index (χ4n) is 5.42. The average molecular weight is 618 g/mol. The van der Waals surface area contributed by atoms with Gasteiger partial charge in [-0.15, -0.1) is 11.3 Å². The van der Waals surface area contributed by atoms with E-state index in [2.05, 4.69) is 15.6 Å². The molecule has 2 aliphatic rings. The van der Waals surface area contributed by atoms with Gasteiger partial charge < -0.3 is 25.0 Å². The minimum atomic E-state index is -1.32. The molecule has 4 amide bonds. The number of carbonyl (C=O) groups is 3. The molecule has 0 unspecified atom stereocenters. The van der Waals surface area contributed by atoms with Crippen LogP contribution in [0.15, 0.2) is 60.8 Å². The van der Waals surface area contributed by atoms with Gasteiger partial charge in [-0.2, -0.15) is 0 Å². The molecule has 4 heterocycles. The van der Waals surface area contributed by atoms with E-state index in [1.54, 1.807) is 44.0 Å². The number of alkyl halides is 1. The van der Waals surface area contributed by atoms with Gasteiger partial charge in [-0.1, -0.05) is 18.2 Å². The maximum absolute atomic E-state index is 14.6. The Bertz CT molecular complexity index is 1760. The summed E-state index contributed by atoms with van der Waals surface area (Å²) in [5, 5.41) is 6.38. The molecule has 0 aliphatic carbocycles. The second kappa shape index (κ2) is 11.4. The first kappa shape index (κ1) is 29.4. The molecular weight excluding hydrogens is 585 g/mol. The van der Waals surface area contributed by atoms with E-state index in [0.717, 1.165) is 16.9 Å². The number of carbonyl (C=O) groups excluding carboxylic acids is 3. The van der Waals surface area contributed by atoms with Gasteiger partial charge in [-0.05, 0) is 69.7 Å². The van der Waals surface area contributed by atoms with E-state index in [4.69, 9.17) is 9.47 Å². The number of pyridine rings is 1. The summed E-state index contributed by atoms with van der Waals surface area (Å²) in [6.45, 7) is 7.11. The summed E-state index contributed by atoms with van der Waals surface area (Å²) in [5.74, 6) is 0.852. The average Bonchev–Trinajstić information content (AvgIpc) is 3.33. The third-order valence-corrected chi connectivity index (χ3v) is 8.32. The Morgan fingerprint density at radius 3 is 2.57 bits per heavy atom. The van der Waals surface area contributed by atoms with Crippen LogP contribution in [0.25, 0.3) is 10.2 Å². The van der Waals surface area contributed by atoms with Crippen LogP contribution in [0.5, 0.6) is 11.5 Å². The van der Waals surface area contributed by atoms with E-state index < -0.39 is 35.8 Å². The number of likely N-dealkylation sites (tertiary alicyclic amines) is 1. The fourth-order valence-corrected chi connectivity index (χ4v) is 6.44.